The topological polar surface area (TPSA) is 21.3 Å². The number of ether oxygens (including phenoxy) is 1. The van der Waals surface area contributed by atoms with Crippen molar-refractivity contribution in [2.24, 2.45) is 0 Å². The molecule has 0 bridgehead atoms. The molecule has 0 aliphatic carbocycles. The lowest BCUT2D eigenvalue weighted by Gasteiger charge is -2.19. The van der Waals surface area contributed by atoms with E-state index in [4.69, 9.17) is 4.74 Å². The molecule has 1 N–H and O–H groups in total. The van der Waals surface area contributed by atoms with Gasteiger partial charge in [0.1, 0.15) is 17.4 Å². The van der Waals surface area contributed by atoms with Crippen LogP contribution in [-0.4, -0.2) is 6.61 Å². The van der Waals surface area contributed by atoms with Crippen LogP contribution >= 0.6 is 0 Å². The predicted molar refractivity (Wildman–Crippen MR) is 76.0 cm³/mol. The van der Waals surface area contributed by atoms with Gasteiger partial charge in [0.05, 0.1) is 12.6 Å². The fourth-order valence-electron chi connectivity index (χ4n) is 2.09. The first-order valence-electron chi connectivity index (χ1n) is 6.54. The normalized spacial score (nSPS) is 12.0. The van der Waals surface area contributed by atoms with Crippen LogP contribution in [0.5, 0.6) is 5.75 Å². The second kappa shape index (κ2) is 6.37. The summed E-state index contributed by atoms with van der Waals surface area (Å²) < 4.78 is 31.9. The number of para-hydroxylation sites is 1. The molecule has 0 aromatic heterocycles. The third-order valence-electron chi connectivity index (χ3n) is 2.93. The zero-order valence-electron chi connectivity index (χ0n) is 11.5. The maximum absolute atomic E-state index is 13.2. The van der Waals surface area contributed by atoms with E-state index in [2.05, 4.69) is 5.32 Å². The Bertz CT molecular complexity index is 566. The fraction of sp³-hybridized carbons (Fsp3) is 0.250. The molecule has 0 saturated heterocycles. The average molecular weight is 277 g/mol. The quantitative estimate of drug-likeness (QED) is 0.866. The minimum absolute atomic E-state index is 0.126. The average Bonchev–Trinajstić information content (AvgIpc) is 2.38. The van der Waals surface area contributed by atoms with Crippen molar-refractivity contribution in [3.63, 3.8) is 0 Å². The predicted octanol–water partition coefficient (Wildman–Crippen LogP) is 4.54. The summed E-state index contributed by atoms with van der Waals surface area (Å²) in [5, 5.41) is 3.08. The smallest absolute Gasteiger partial charge is 0.128 e. The molecule has 0 heterocycles. The van der Waals surface area contributed by atoms with Crippen molar-refractivity contribution >= 4 is 5.69 Å². The Kier molecular flexibility index (Phi) is 4.56. The van der Waals surface area contributed by atoms with Gasteiger partial charge in [-0.25, -0.2) is 8.78 Å². The fourth-order valence-corrected chi connectivity index (χ4v) is 2.09. The molecule has 2 rings (SSSR count). The van der Waals surface area contributed by atoms with Gasteiger partial charge in [0.15, 0.2) is 0 Å². The summed E-state index contributed by atoms with van der Waals surface area (Å²) in [5.74, 6) is -0.428. The highest BCUT2D eigenvalue weighted by Crippen LogP contribution is 2.28. The van der Waals surface area contributed by atoms with Crippen molar-refractivity contribution < 1.29 is 13.5 Å². The zero-order valence-corrected chi connectivity index (χ0v) is 11.5. The van der Waals surface area contributed by atoms with Gasteiger partial charge in [-0.1, -0.05) is 18.2 Å². The first-order valence-corrected chi connectivity index (χ1v) is 6.54. The molecule has 1 unspecified atom stereocenters. The van der Waals surface area contributed by atoms with Crippen molar-refractivity contribution in [3.8, 4) is 5.75 Å². The maximum atomic E-state index is 13.2. The van der Waals surface area contributed by atoms with E-state index in [1.807, 2.05) is 38.1 Å². The van der Waals surface area contributed by atoms with Crippen molar-refractivity contribution in [3.05, 3.63) is 59.7 Å². The van der Waals surface area contributed by atoms with Crippen molar-refractivity contribution in [2.45, 2.75) is 19.9 Å². The van der Waals surface area contributed by atoms with Crippen LogP contribution in [0.25, 0.3) is 0 Å². The molecule has 0 aliphatic heterocycles. The molecule has 0 aliphatic rings. The summed E-state index contributed by atoms with van der Waals surface area (Å²) >= 11 is 0. The molecular weight excluding hydrogens is 260 g/mol. The van der Waals surface area contributed by atoms with E-state index in [0.717, 1.165) is 17.4 Å². The zero-order chi connectivity index (χ0) is 14.5. The van der Waals surface area contributed by atoms with Gasteiger partial charge in [-0.05, 0) is 32.0 Å². The van der Waals surface area contributed by atoms with Gasteiger partial charge in [0.2, 0.25) is 0 Å². The van der Waals surface area contributed by atoms with Crippen LogP contribution in [0.3, 0.4) is 0 Å². The van der Waals surface area contributed by atoms with Crippen LogP contribution < -0.4 is 10.1 Å². The molecule has 0 fully saturated rings. The number of rotatable bonds is 5. The van der Waals surface area contributed by atoms with E-state index in [1.54, 1.807) is 0 Å². The molecule has 2 aromatic rings. The third kappa shape index (κ3) is 3.47. The molecule has 0 saturated carbocycles. The van der Waals surface area contributed by atoms with Crippen LogP contribution in [0.2, 0.25) is 0 Å². The van der Waals surface area contributed by atoms with Gasteiger partial charge in [-0.3, -0.25) is 0 Å². The molecule has 0 spiro atoms. The third-order valence-corrected chi connectivity index (χ3v) is 2.93. The molecule has 0 radical (unpaired) electrons. The summed E-state index contributed by atoms with van der Waals surface area (Å²) in [4.78, 5) is 0. The number of hydrogen-bond donors (Lipinski definition) is 1. The Labute approximate surface area is 117 Å². The maximum Gasteiger partial charge on any atom is 0.128 e. The van der Waals surface area contributed by atoms with Crippen LogP contribution in [-0.2, 0) is 0 Å². The molecular formula is C16H17F2NO. The number of hydrogen-bond acceptors (Lipinski definition) is 2. The molecule has 2 nitrogen and oxygen atoms in total. The summed E-state index contributed by atoms with van der Waals surface area (Å²) in [7, 11) is 0. The minimum atomic E-state index is -0.599. The van der Waals surface area contributed by atoms with Gasteiger partial charge >= 0.3 is 0 Å². The molecule has 0 amide bonds. The number of nitrogens with one attached hydrogen (secondary N) is 1. The SMILES string of the molecule is CCOc1ccccc1C(C)Nc1cc(F)cc(F)c1. The van der Waals surface area contributed by atoms with Gasteiger partial charge in [0, 0.05) is 17.3 Å². The van der Waals surface area contributed by atoms with Crippen LogP contribution in [0.15, 0.2) is 42.5 Å². The summed E-state index contributed by atoms with van der Waals surface area (Å²) in [6.07, 6.45) is 0. The van der Waals surface area contributed by atoms with E-state index < -0.39 is 11.6 Å². The monoisotopic (exact) mass is 277 g/mol. The highest BCUT2D eigenvalue weighted by atomic mass is 19.1. The second-order valence-electron chi connectivity index (χ2n) is 4.49. The van der Waals surface area contributed by atoms with Crippen molar-refractivity contribution in [2.75, 3.05) is 11.9 Å². The lowest BCUT2D eigenvalue weighted by atomic mass is 10.1. The van der Waals surface area contributed by atoms with E-state index in [9.17, 15) is 8.78 Å². The highest BCUT2D eigenvalue weighted by Gasteiger charge is 2.12. The Hall–Kier alpha value is -2.10. The molecule has 4 heteroatoms. The highest BCUT2D eigenvalue weighted by molar-refractivity contribution is 5.48. The molecule has 106 valence electrons. The lowest BCUT2D eigenvalue weighted by Crippen LogP contribution is -2.09. The Morgan fingerprint density at radius 1 is 1.10 bits per heavy atom. The van der Waals surface area contributed by atoms with Crippen LogP contribution in [0.1, 0.15) is 25.5 Å². The largest absolute Gasteiger partial charge is 0.494 e. The van der Waals surface area contributed by atoms with Crippen LogP contribution in [0.4, 0.5) is 14.5 Å². The lowest BCUT2D eigenvalue weighted by molar-refractivity contribution is 0.335. The van der Waals surface area contributed by atoms with E-state index in [0.29, 0.717) is 12.3 Å². The summed E-state index contributed by atoms with van der Waals surface area (Å²) in [6.45, 7) is 4.40. The van der Waals surface area contributed by atoms with E-state index in [1.165, 1.54) is 12.1 Å². The van der Waals surface area contributed by atoms with Crippen molar-refractivity contribution in [1.82, 2.24) is 0 Å². The first kappa shape index (κ1) is 14.3. The first-order chi connectivity index (χ1) is 9.60. The Morgan fingerprint density at radius 3 is 2.40 bits per heavy atom. The number of halogens is 2. The van der Waals surface area contributed by atoms with Gasteiger partial charge in [0.25, 0.3) is 0 Å². The van der Waals surface area contributed by atoms with Crippen LogP contribution in [0, 0.1) is 11.6 Å². The van der Waals surface area contributed by atoms with Gasteiger partial charge in [-0.2, -0.15) is 0 Å². The molecule has 1 atom stereocenters. The second-order valence-corrected chi connectivity index (χ2v) is 4.49. The van der Waals surface area contributed by atoms with E-state index in [-0.39, 0.29) is 6.04 Å². The molecule has 2 aromatic carbocycles. The number of benzene rings is 2. The minimum Gasteiger partial charge on any atom is -0.494 e. The van der Waals surface area contributed by atoms with Gasteiger partial charge < -0.3 is 10.1 Å². The standard InChI is InChI=1S/C16H17F2NO/c1-3-20-16-7-5-4-6-15(16)11(2)19-14-9-12(17)8-13(18)10-14/h4-11,19H,3H2,1-2H3. The molecule has 20 heavy (non-hydrogen) atoms. The Balaban J connectivity index is 2.21. The van der Waals surface area contributed by atoms with Gasteiger partial charge in [-0.15, -0.1) is 0 Å². The summed E-state index contributed by atoms with van der Waals surface area (Å²) in [5.41, 5.74) is 1.35. The van der Waals surface area contributed by atoms with E-state index >= 15 is 0 Å². The number of anilines is 1. The van der Waals surface area contributed by atoms with Crippen molar-refractivity contribution in [1.29, 1.82) is 0 Å². The summed E-state index contributed by atoms with van der Waals surface area (Å²) in [6, 6.07) is 10.9. The Morgan fingerprint density at radius 2 is 1.75 bits per heavy atom.